The van der Waals surface area contributed by atoms with E-state index in [1.165, 1.54) is 6.08 Å². The van der Waals surface area contributed by atoms with Crippen molar-refractivity contribution in [3.63, 3.8) is 0 Å². The van der Waals surface area contributed by atoms with Crippen LogP contribution < -0.4 is 5.32 Å². The first-order valence-corrected chi connectivity index (χ1v) is 6.84. The Bertz CT molecular complexity index is 571. The van der Waals surface area contributed by atoms with Gasteiger partial charge in [-0.1, -0.05) is 0 Å². The summed E-state index contributed by atoms with van der Waals surface area (Å²) in [4.78, 5) is 22.5. The highest BCUT2D eigenvalue weighted by atomic mass is 16.4. The van der Waals surface area contributed by atoms with Gasteiger partial charge in [0.05, 0.1) is 5.69 Å². The quantitative estimate of drug-likeness (QED) is 0.783. The van der Waals surface area contributed by atoms with Crippen molar-refractivity contribution in [2.45, 2.75) is 46.1 Å². The maximum Gasteiger partial charge on any atom is 0.303 e. The number of hydrogen-bond donors (Lipinski definition) is 2. The minimum absolute atomic E-state index is 0.0256. The van der Waals surface area contributed by atoms with E-state index in [0.717, 1.165) is 17.0 Å². The molecule has 0 unspecified atom stereocenters. The molecule has 1 heterocycles. The Labute approximate surface area is 124 Å². The van der Waals surface area contributed by atoms with E-state index in [-0.39, 0.29) is 12.3 Å². The smallest absolute Gasteiger partial charge is 0.303 e. The second-order valence-corrected chi connectivity index (χ2v) is 5.81. The summed E-state index contributed by atoms with van der Waals surface area (Å²) in [6, 6.07) is 0. The lowest BCUT2D eigenvalue weighted by Gasteiger charge is -2.24. The fraction of sp³-hybridized carbons (Fsp3) is 0.533. The van der Waals surface area contributed by atoms with Gasteiger partial charge in [0.25, 0.3) is 0 Å². The van der Waals surface area contributed by atoms with Crippen molar-refractivity contribution in [1.82, 2.24) is 15.1 Å². The fourth-order valence-corrected chi connectivity index (χ4v) is 2.05. The molecule has 0 saturated heterocycles. The number of amides is 1. The van der Waals surface area contributed by atoms with Crippen molar-refractivity contribution in [3.8, 4) is 0 Å². The van der Waals surface area contributed by atoms with Crippen molar-refractivity contribution in [1.29, 1.82) is 0 Å². The van der Waals surface area contributed by atoms with Crippen LogP contribution in [0.15, 0.2) is 6.08 Å². The van der Waals surface area contributed by atoms with Crippen molar-refractivity contribution >= 4 is 18.0 Å². The average Bonchev–Trinajstić information content (AvgIpc) is 2.58. The zero-order valence-corrected chi connectivity index (χ0v) is 13.2. The first-order valence-electron chi connectivity index (χ1n) is 6.84. The maximum atomic E-state index is 11.9. The number of carbonyl (C=O) groups excluding carboxylic acids is 1. The van der Waals surface area contributed by atoms with E-state index in [9.17, 15) is 9.59 Å². The van der Waals surface area contributed by atoms with E-state index in [4.69, 9.17) is 5.11 Å². The summed E-state index contributed by atoms with van der Waals surface area (Å²) < 4.78 is 1.77. The molecule has 0 bridgehead atoms. The minimum Gasteiger partial charge on any atom is -0.481 e. The molecule has 1 rings (SSSR count). The Morgan fingerprint density at radius 2 is 2.00 bits per heavy atom. The normalized spacial score (nSPS) is 11.9. The van der Waals surface area contributed by atoms with Gasteiger partial charge in [-0.15, -0.1) is 0 Å². The van der Waals surface area contributed by atoms with Crippen LogP contribution in [0.3, 0.4) is 0 Å². The van der Waals surface area contributed by atoms with Gasteiger partial charge < -0.3 is 10.4 Å². The number of hydrogen-bond acceptors (Lipinski definition) is 3. The van der Waals surface area contributed by atoms with E-state index in [1.807, 2.05) is 34.7 Å². The zero-order valence-electron chi connectivity index (χ0n) is 13.2. The van der Waals surface area contributed by atoms with Crippen molar-refractivity contribution in [2.75, 3.05) is 0 Å². The van der Waals surface area contributed by atoms with Gasteiger partial charge in [-0.25, -0.2) is 0 Å². The SMILES string of the molecule is Cc1nn(C)c(C)c1C=CC(=O)NC(C)(C)CCC(=O)O. The molecule has 116 valence electrons. The van der Waals surface area contributed by atoms with Gasteiger partial charge in [0, 0.05) is 36.3 Å². The lowest BCUT2D eigenvalue weighted by molar-refractivity contribution is -0.137. The Morgan fingerprint density at radius 1 is 1.38 bits per heavy atom. The molecule has 0 spiro atoms. The van der Waals surface area contributed by atoms with Gasteiger partial charge >= 0.3 is 5.97 Å². The predicted molar refractivity (Wildman–Crippen MR) is 80.8 cm³/mol. The number of rotatable bonds is 6. The first-order chi connectivity index (χ1) is 9.62. The summed E-state index contributed by atoms with van der Waals surface area (Å²) in [7, 11) is 1.86. The predicted octanol–water partition coefficient (Wildman–Crippen LogP) is 1.81. The van der Waals surface area contributed by atoms with E-state index in [1.54, 1.807) is 10.8 Å². The lowest BCUT2D eigenvalue weighted by atomic mass is 9.98. The van der Waals surface area contributed by atoms with Crippen LogP contribution in [0.1, 0.15) is 43.6 Å². The molecule has 0 aromatic carbocycles. The molecule has 0 fully saturated rings. The number of nitrogens with zero attached hydrogens (tertiary/aromatic N) is 2. The highest BCUT2D eigenvalue weighted by molar-refractivity contribution is 5.92. The molecule has 0 saturated carbocycles. The summed E-state index contributed by atoms with van der Waals surface area (Å²) in [5, 5.41) is 15.8. The number of carboxylic acids is 1. The average molecular weight is 293 g/mol. The second-order valence-electron chi connectivity index (χ2n) is 5.81. The van der Waals surface area contributed by atoms with Gasteiger partial charge in [-0.2, -0.15) is 5.10 Å². The summed E-state index contributed by atoms with van der Waals surface area (Å²) >= 11 is 0. The number of carboxylic acid groups (broad SMARTS) is 1. The summed E-state index contributed by atoms with van der Waals surface area (Å²) in [5.41, 5.74) is 2.22. The molecule has 1 aromatic heterocycles. The third-order valence-electron chi connectivity index (χ3n) is 3.39. The van der Waals surface area contributed by atoms with Gasteiger partial charge in [0.2, 0.25) is 5.91 Å². The highest BCUT2D eigenvalue weighted by Crippen LogP contribution is 2.14. The van der Waals surface area contributed by atoms with Crippen molar-refractivity contribution in [2.24, 2.45) is 7.05 Å². The van der Waals surface area contributed by atoms with Crippen LogP contribution in [0, 0.1) is 13.8 Å². The van der Waals surface area contributed by atoms with E-state index >= 15 is 0 Å². The van der Waals surface area contributed by atoms with Crippen LogP contribution in [0.5, 0.6) is 0 Å². The van der Waals surface area contributed by atoms with E-state index < -0.39 is 11.5 Å². The molecule has 21 heavy (non-hydrogen) atoms. The fourth-order valence-electron chi connectivity index (χ4n) is 2.05. The molecule has 6 nitrogen and oxygen atoms in total. The second kappa shape index (κ2) is 6.56. The van der Waals surface area contributed by atoms with Gasteiger partial charge in [0.15, 0.2) is 0 Å². The minimum atomic E-state index is -0.866. The Balaban J connectivity index is 2.68. The van der Waals surface area contributed by atoms with Crippen LogP contribution in [-0.2, 0) is 16.6 Å². The molecule has 0 atom stereocenters. The number of aromatic nitrogens is 2. The molecule has 0 radical (unpaired) electrons. The van der Waals surface area contributed by atoms with Crippen LogP contribution >= 0.6 is 0 Å². The molecule has 0 aliphatic carbocycles. The number of carbonyl (C=O) groups is 2. The van der Waals surface area contributed by atoms with Crippen LogP contribution in [0.2, 0.25) is 0 Å². The van der Waals surface area contributed by atoms with E-state index in [0.29, 0.717) is 6.42 Å². The summed E-state index contributed by atoms with van der Waals surface area (Å²) in [6.07, 6.45) is 3.60. The monoisotopic (exact) mass is 293 g/mol. The molecule has 1 aromatic rings. The van der Waals surface area contributed by atoms with Crippen molar-refractivity contribution in [3.05, 3.63) is 23.0 Å². The van der Waals surface area contributed by atoms with Gasteiger partial charge in [-0.05, 0) is 40.2 Å². The summed E-state index contributed by atoms with van der Waals surface area (Å²) in [6.45, 7) is 7.44. The Hall–Kier alpha value is -2.11. The topological polar surface area (TPSA) is 84.2 Å². The third kappa shape index (κ3) is 5.06. The molecular formula is C15H23N3O3. The number of aliphatic carboxylic acids is 1. The van der Waals surface area contributed by atoms with Crippen LogP contribution in [-0.4, -0.2) is 32.3 Å². The van der Waals surface area contributed by atoms with Crippen LogP contribution in [0.4, 0.5) is 0 Å². The van der Waals surface area contributed by atoms with Crippen molar-refractivity contribution < 1.29 is 14.7 Å². The third-order valence-corrected chi connectivity index (χ3v) is 3.39. The Kier molecular flexibility index (Phi) is 5.29. The molecular weight excluding hydrogens is 270 g/mol. The summed E-state index contributed by atoms with van der Waals surface area (Å²) in [5.74, 6) is -1.11. The molecule has 1 amide bonds. The molecule has 0 aliphatic heterocycles. The largest absolute Gasteiger partial charge is 0.481 e. The molecule has 0 aliphatic rings. The van der Waals surface area contributed by atoms with E-state index in [2.05, 4.69) is 10.4 Å². The standard InChI is InChI=1S/C15H23N3O3/c1-10-12(11(2)18(5)17-10)6-7-13(19)16-15(3,4)9-8-14(20)21/h6-7H,8-9H2,1-5H3,(H,16,19)(H,20,21). The number of nitrogens with one attached hydrogen (secondary N) is 1. The maximum absolute atomic E-state index is 11.9. The number of aryl methyl sites for hydroxylation is 2. The zero-order chi connectivity index (χ0) is 16.2. The van der Waals surface area contributed by atoms with Gasteiger partial charge in [-0.3, -0.25) is 14.3 Å². The molecule has 2 N–H and O–H groups in total. The van der Waals surface area contributed by atoms with Crippen LogP contribution in [0.25, 0.3) is 6.08 Å². The highest BCUT2D eigenvalue weighted by Gasteiger charge is 2.20. The lowest BCUT2D eigenvalue weighted by Crippen LogP contribution is -2.42. The Morgan fingerprint density at radius 3 is 2.48 bits per heavy atom. The van der Waals surface area contributed by atoms with Gasteiger partial charge in [0.1, 0.15) is 0 Å². The molecule has 6 heteroatoms. The first kappa shape index (κ1) is 16.9.